The van der Waals surface area contributed by atoms with Crippen molar-refractivity contribution in [3.05, 3.63) is 29.8 Å². The van der Waals surface area contributed by atoms with Crippen LogP contribution in [0.5, 0.6) is 5.75 Å². The number of carboxylic acids is 1. The van der Waals surface area contributed by atoms with Crippen molar-refractivity contribution in [1.82, 2.24) is 5.32 Å². The van der Waals surface area contributed by atoms with Crippen LogP contribution in [-0.4, -0.2) is 30.1 Å². The Bertz CT molecular complexity index is 583. The smallest absolute Gasteiger partial charge is 0.416 e. The number of nitrogens with one attached hydrogen (secondary N) is 1. The molecule has 0 heterocycles. The standard InChI is InChI=1S/C16H20F3NO4/c1-3-15(4-2,14(22)23)10-20-13(21)9-24-12-7-5-6-11(8-12)16(17,18)19/h5-8H,3-4,9-10H2,1-2H3,(H,20,21)(H,22,23). The summed E-state index contributed by atoms with van der Waals surface area (Å²) in [6.45, 7) is 2.86. The molecule has 0 saturated heterocycles. The summed E-state index contributed by atoms with van der Waals surface area (Å²) in [7, 11) is 0. The van der Waals surface area contributed by atoms with Gasteiger partial charge in [0.1, 0.15) is 5.75 Å². The maximum absolute atomic E-state index is 12.6. The molecule has 2 N–H and O–H groups in total. The van der Waals surface area contributed by atoms with E-state index in [4.69, 9.17) is 4.74 Å². The minimum atomic E-state index is -4.50. The van der Waals surface area contributed by atoms with Crippen molar-refractivity contribution < 1.29 is 32.6 Å². The number of hydrogen-bond donors (Lipinski definition) is 2. The number of ether oxygens (including phenoxy) is 1. The molecule has 0 aliphatic carbocycles. The topological polar surface area (TPSA) is 75.6 Å². The second-order valence-electron chi connectivity index (χ2n) is 5.38. The van der Waals surface area contributed by atoms with Gasteiger partial charge in [-0.15, -0.1) is 0 Å². The molecule has 0 saturated carbocycles. The van der Waals surface area contributed by atoms with Gasteiger partial charge in [0.15, 0.2) is 6.61 Å². The third kappa shape index (κ3) is 5.14. The Balaban J connectivity index is 2.60. The summed E-state index contributed by atoms with van der Waals surface area (Å²) in [6.07, 6.45) is -3.81. The first kappa shape index (κ1) is 19.8. The number of carbonyl (C=O) groups is 2. The average molecular weight is 347 g/mol. The van der Waals surface area contributed by atoms with E-state index >= 15 is 0 Å². The number of amides is 1. The Morgan fingerprint density at radius 1 is 1.21 bits per heavy atom. The van der Waals surface area contributed by atoms with Crippen molar-refractivity contribution in [3.8, 4) is 5.75 Å². The molecule has 0 spiro atoms. The van der Waals surface area contributed by atoms with E-state index in [1.165, 1.54) is 12.1 Å². The summed E-state index contributed by atoms with van der Waals surface area (Å²) in [5, 5.41) is 11.7. The summed E-state index contributed by atoms with van der Waals surface area (Å²) in [6, 6.07) is 4.19. The SMILES string of the molecule is CCC(CC)(CNC(=O)COc1cccc(C(F)(F)F)c1)C(=O)O. The summed E-state index contributed by atoms with van der Waals surface area (Å²) in [4.78, 5) is 23.1. The molecule has 1 aromatic rings. The van der Waals surface area contributed by atoms with Crippen LogP contribution in [0.3, 0.4) is 0 Å². The van der Waals surface area contributed by atoms with Gasteiger partial charge >= 0.3 is 12.1 Å². The van der Waals surface area contributed by atoms with E-state index in [1.54, 1.807) is 13.8 Å². The minimum absolute atomic E-state index is 0.0693. The predicted molar refractivity (Wildman–Crippen MR) is 80.6 cm³/mol. The van der Waals surface area contributed by atoms with Crippen LogP contribution in [0.25, 0.3) is 0 Å². The molecule has 0 bridgehead atoms. The van der Waals surface area contributed by atoms with Gasteiger partial charge in [0, 0.05) is 6.54 Å². The lowest BCUT2D eigenvalue weighted by molar-refractivity contribution is -0.149. The molecule has 1 rings (SSSR count). The minimum Gasteiger partial charge on any atom is -0.484 e. The molecule has 0 atom stereocenters. The number of alkyl halides is 3. The highest BCUT2D eigenvalue weighted by Gasteiger charge is 2.35. The third-order valence-electron chi connectivity index (χ3n) is 3.96. The zero-order valence-electron chi connectivity index (χ0n) is 13.4. The van der Waals surface area contributed by atoms with Gasteiger partial charge in [-0.2, -0.15) is 13.2 Å². The average Bonchev–Trinajstić information content (AvgIpc) is 2.53. The lowest BCUT2D eigenvalue weighted by Crippen LogP contribution is -2.43. The summed E-state index contributed by atoms with van der Waals surface area (Å²) in [5.41, 5.74) is -1.94. The molecule has 24 heavy (non-hydrogen) atoms. The number of carboxylic acid groups (broad SMARTS) is 1. The number of hydrogen-bond acceptors (Lipinski definition) is 3. The lowest BCUT2D eigenvalue weighted by Gasteiger charge is -2.26. The Morgan fingerprint density at radius 3 is 2.33 bits per heavy atom. The van der Waals surface area contributed by atoms with Crippen LogP contribution in [0, 0.1) is 5.41 Å². The van der Waals surface area contributed by atoms with Gasteiger partial charge in [-0.1, -0.05) is 19.9 Å². The van der Waals surface area contributed by atoms with Crippen LogP contribution >= 0.6 is 0 Å². The monoisotopic (exact) mass is 347 g/mol. The zero-order chi connectivity index (χ0) is 18.4. The van der Waals surface area contributed by atoms with Gasteiger partial charge in [-0.3, -0.25) is 9.59 Å². The van der Waals surface area contributed by atoms with Crippen molar-refractivity contribution in [2.45, 2.75) is 32.9 Å². The maximum Gasteiger partial charge on any atom is 0.416 e. The summed E-state index contributed by atoms with van der Waals surface area (Å²) in [5.74, 6) is -1.69. The van der Waals surface area contributed by atoms with Crippen LogP contribution in [0.2, 0.25) is 0 Å². The Hall–Kier alpha value is -2.25. The van der Waals surface area contributed by atoms with E-state index in [0.717, 1.165) is 12.1 Å². The van der Waals surface area contributed by atoms with Gasteiger partial charge in [0.05, 0.1) is 11.0 Å². The Labute approximate surface area is 137 Å². The van der Waals surface area contributed by atoms with E-state index in [9.17, 15) is 27.9 Å². The van der Waals surface area contributed by atoms with Crippen molar-refractivity contribution >= 4 is 11.9 Å². The quantitative estimate of drug-likeness (QED) is 0.758. The highest BCUT2D eigenvalue weighted by Crippen LogP contribution is 2.31. The molecular formula is C16H20F3NO4. The third-order valence-corrected chi connectivity index (χ3v) is 3.96. The van der Waals surface area contributed by atoms with Crippen LogP contribution in [-0.2, 0) is 15.8 Å². The van der Waals surface area contributed by atoms with Crippen molar-refractivity contribution in [3.63, 3.8) is 0 Å². The Morgan fingerprint density at radius 2 is 1.83 bits per heavy atom. The van der Waals surface area contributed by atoms with E-state index in [2.05, 4.69) is 5.32 Å². The van der Waals surface area contributed by atoms with Gasteiger partial charge in [-0.05, 0) is 31.0 Å². The number of benzene rings is 1. The van der Waals surface area contributed by atoms with Crippen molar-refractivity contribution in [2.75, 3.05) is 13.2 Å². The highest BCUT2D eigenvalue weighted by atomic mass is 19.4. The molecule has 0 fully saturated rings. The van der Waals surface area contributed by atoms with Crippen LogP contribution in [0.15, 0.2) is 24.3 Å². The molecular weight excluding hydrogens is 327 g/mol. The fourth-order valence-corrected chi connectivity index (χ4v) is 2.11. The fraction of sp³-hybridized carbons (Fsp3) is 0.500. The number of halogens is 3. The van der Waals surface area contributed by atoms with Gasteiger partial charge in [0.2, 0.25) is 0 Å². The second kappa shape index (κ2) is 8.03. The number of rotatable bonds is 8. The first-order valence-corrected chi connectivity index (χ1v) is 7.44. The first-order valence-electron chi connectivity index (χ1n) is 7.44. The predicted octanol–water partition coefficient (Wildman–Crippen LogP) is 3.09. The van der Waals surface area contributed by atoms with Crippen LogP contribution in [0.1, 0.15) is 32.3 Å². The molecule has 5 nitrogen and oxygen atoms in total. The van der Waals surface area contributed by atoms with E-state index < -0.39 is 35.6 Å². The molecule has 0 aliphatic rings. The number of carbonyl (C=O) groups excluding carboxylic acids is 1. The van der Waals surface area contributed by atoms with E-state index in [0.29, 0.717) is 12.8 Å². The van der Waals surface area contributed by atoms with E-state index in [-0.39, 0.29) is 12.3 Å². The second-order valence-corrected chi connectivity index (χ2v) is 5.38. The first-order chi connectivity index (χ1) is 11.1. The molecule has 0 aromatic heterocycles. The van der Waals surface area contributed by atoms with Gasteiger partial charge < -0.3 is 15.2 Å². The van der Waals surface area contributed by atoms with Crippen molar-refractivity contribution in [1.29, 1.82) is 0 Å². The fourth-order valence-electron chi connectivity index (χ4n) is 2.11. The largest absolute Gasteiger partial charge is 0.484 e. The zero-order valence-corrected chi connectivity index (χ0v) is 13.4. The van der Waals surface area contributed by atoms with Crippen LogP contribution < -0.4 is 10.1 Å². The summed E-state index contributed by atoms with van der Waals surface area (Å²) < 4.78 is 42.8. The molecule has 134 valence electrons. The van der Waals surface area contributed by atoms with Crippen LogP contribution in [0.4, 0.5) is 13.2 Å². The van der Waals surface area contributed by atoms with Gasteiger partial charge in [-0.25, -0.2) is 0 Å². The van der Waals surface area contributed by atoms with Gasteiger partial charge in [0.25, 0.3) is 5.91 Å². The van der Waals surface area contributed by atoms with E-state index in [1.807, 2.05) is 0 Å². The highest BCUT2D eigenvalue weighted by molar-refractivity contribution is 5.80. The molecule has 1 aromatic carbocycles. The molecule has 1 amide bonds. The lowest BCUT2D eigenvalue weighted by atomic mass is 9.82. The maximum atomic E-state index is 12.6. The molecule has 0 radical (unpaired) electrons. The molecule has 8 heteroatoms. The normalized spacial score (nSPS) is 11.9. The van der Waals surface area contributed by atoms with Crippen molar-refractivity contribution in [2.24, 2.45) is 5.41 Å². The Kier molecular flexibility index (Phi) is 6.62. The number of aliphatic carboxylic acids is 1. The molecule has 0 unspecified atom stereocenters. The molecule has 0 aliphatic heterocycles. The summed E-state index contributed by atoms with van der Waals surface area (Å²) >= 11 is 0.